The Morgan fingerprint density at radius 1 is 1.11 bits per heavy atom. The highest BCUT2D eigenvalue weighted by Gasteiger charge is 2.31. The van der Waals surface area contributed by atoms with Crippen LogP contribution in [-0.2, 0) is 9.53 Å². The maximum atomic E-state index is 12.0. The van der Waals surface area contributed by atoms with Crippen molar-refractivity contribution in [1.82, 2.24) is 0 Å². The van der Waals surface area contributed by atoms with Crippen molar-refractivity contribution in [3.05, 3.63) is 45.5 Å². The number of aryl methyl sites for hydroxylation is 1. The van der Waals surface area contributed by atoms with Gasteiger partial charge in [0.25, 0.3) is 0 Å². The number of carbonyl (C=O) groups is 1. The lowest BCUT2D eigenvalue weighted by molar-refractivity contribution is -0.140. The summed E-state index contributed by atoms with van der Waals surface area (Å²) in [5.41, 5.74) is -0.146. The largest absolute Gasteiger partial charge is 0.502 e. The van der Waals surface area contributed by atoms with Crippen LogP contribution in [0.4, 0.5) is 0 Å². The van der Waals surface area contributed by atoms with Gasteiger partial charge in [0.05, 0.1) is 40.8 Å². The van der Waals surface area contributed by atoms with Gasteiger partial charge in [-0.3, -0.25) is 9.59 Å². The van der Waals surface area contributed by atoms with Gasteiger partial charge in [-0.15, -0.1) is 0 Å². The molecule has 1 unspecified atom stereocenters. The number of benzene rings is 1. The average Bonchev–Trinajstić information content (AvgIpc) is 2.67. The zero-order valence-electron chi connectivity index (χ0n) is 15.8. The summed E-state index contributed by atoms with van der Waals surface area (Å²) in [7, 11) is 5.61. The van der Waals surface area contributed by atoms with Crippen LogP contribution in [0.25, 0.3) is 0 Å². The minimum Gasteiger partial charge on any atom is -0.502 e. The summed E-state index contributed by atoms with van der Waals surface area (Å²) in [6.45, 7) is 1.57. The van der Waals surface area contributed by atoms with E-state index in [0.29, 0.717) is 22.8 Å². The molecule has 0 fully saturated rings. The van der Waals surface area contributed by atoms with Crippen LogP contribution in [0.3, 0.4) is 0 Å². The Hall–Kier alpha value is -3.16. The Bertz CT molecular complexity index is 884. The van der Waals surface area contributed by atoms with Crippen molar-refractivity contribution in [2.75, 3.05) is 28.4 Å². The van der Waals surface area contributed by atoms with E-state index >= 15 is 0 Å². The van der Waals surface area contributed by atoms with Gasteiger partial charge in [0.2, 0.25) is 16.9 Å². The van der Waals surface area contributed by atoms with Crippen LogP contribution in [0, 0.1) is 6.92 Å². The smallest absolute Gasteiger partial charge is 0.306 e. The molecule has 1 heterocycles. The second-order valence-electron chi connectivity index (χ2n) is 5.69. The number of hydrogen-bond donors (Lipinski definition) is 1. The number of rotatable bonds is 7. The van der Waals surface area contributed by atoms with Crippen LogP contribution >= 0.6 is 0 Å². The normalized spacial score (nSPS) is 11.6. The van der Waals surface area contributed by atoms with Crippen molar-refractivity contribution in [3.63, 3.8) is 0 Å². The van der Waals surface area contributed by atoms with Crippen molar-refractivity contribution in [3.8, 4) is 23.0 Å². The van der Waals surface area contributed by atoms with Crippen LogP contribution in [0.2, 0.25) is 0 Å². The Labute approximate surface area is 156 Å². The third-order valence-corrected chi connectivity index (χ3v) is 4.10. The van der Waals surface area contributed by atoms with Gasteiger partial charge in [0, 0.05) is 11.6 Å². The molecule has 0 aliphatic carbocycles. The van der Waals surface area contributed by atoms with Crippen LogP contribution in [0.5, 0.6) is 23.0 Å². The van der Waals surface area contributed by atoms with Gasteiger partial charge in [-0.25, -0.2) is 0 Å². The first-order valence-corrected chi connectivity index (χ1v) is 8.07. The van der Waals surface area contributed by atoms with Crippen molar-refractivity contribution in [2.24, 2.45) is 0 Å². The van der Waals surface area contributed by atoms with Gasteiger partial charge in [0.1, 0.15) is 5.76 Å². The minimum absolute atomic E-state index is 0.0593. The molecule has 27 heavy (non-hydrogen) atoms. The van der Waals surface area contributed by atoms with Gasteiger partial charge in [-0.2, -0.15) is 0 Å². The van der Waals surface area contributed by atoms with E-state index < -0.39 is 23.1 Å². The van der Waals surface area contributed by atoms with Gasteiger partial charge < -0.3 is 28.5 Å². The first kappa shape index (κ1) is 20.2. The van der Waals surface area contributed by atoms with E-state index in [2.05, 4.69) is 0 Å². The number of hydrogen-bond acceptors (Lipinski definition) is 8. The molecule has 0 radical (unpaired) electrons. The molecule has 2 rings (SSSR count). The van der Waals surface area contributed by atoms with E-state index in [1.165, 1.54) is 34.5 Å². The van der Waals surface area contributed by atoms with Crippen molar-refractivity contribution >= 4 is 5.97 Å². The highest BCUT2D eigenvalue weighted by atomic mass is 16.5. The van der Waals surface area contributed by atoms with Crippen LogP contribution < -0.4 is 19.6 Å². The fraction of sp³-hybridized carbons (Fsp3) is 0.368. The predicted molar refractivity (Wildman–Crippen MR) is 96.0 cm³/mol. The fourth-order valence-electron chi connectivity index (χ4n) is 2.85. The number of methoxy groups -OCH3 is 4. The summed E-state index contributed by atoms with van der Waals surface area (Å²) in [6, 6.07) is 4.45. The van der Waals surface area contributed by atoms with Gasteiger partial charge in [0.15, 0.2) is 17.3 Å². The standard InChI is InChI=1S/C19H22O8/c1-10-8-13(20)16(22)17(27-10)12(9-15(21)24-3)11-6-7-14(23-2)19(26-5)18(11)25-4/h6-8,12,22H,9H2,1-5H3. The molecule has 1 aromatic carbocycles. The average molecular weight is 378 g/mol. The number of esters is 1. The molecule has 0 aliphatic rings. The fourth-order valence-corrected chi connectivity index (χ4v) is 2.85. The molecule has 0 amide bonds. The predicted octanol–water partition coefficient (Wildman–Crippen LogP) is 2.37. The van der Waals surface area contributed by atoms with Gasteiger partial charge >= 0.3 is 5.97 Å². The monoisotopic (exact) mass is 378 g/mol. The zero-order chi connectivity index (χ0) is 20.1. The molecule has 0 saturated heterocycles. The summed E-state index contributed by atoms with van der Waals surface area (Å²) in [5, 5.41) is 10.3. The van der Waals surface area contributed by atoms with Crippen LogP contribution in [-0.4, -0.2) is 39.5 Å². The van der Waals surface area contributed by atoms with E-state index in [-0.39, 0.29) is 17.9 Å². The Morgan fingerprint density at radius 2 is 1.78 bits per heavy atom. The lowest BCUT2D eigenvalue weighted by Gasteiger charge is -2.22. The molecule has 146 valence electrons. The summed E-state index contributed by atoms with van der Waals surface area (Å²) in [6.07, 6.45) is -0.192. The molecular weight excluding hydrogens is 356 g/mol. The van der Waals surface area contributed by atoms with Gasteiger partial charge in [-0.1, -0.05) is 6.07 Å². The highest BCUT2D eigenvalue weighted by molar-refractivity contribution is 5.72. The summed E-state index contributed by atoms with van der Waals surface area (Å²) >= 11 is 0. The lowest BCUT2D eigenvalue weighted by Crippen LogP contribution is -2.14. The second-order valence-corrected chi connectivity index (χ2v) is 5.69. The first-order valence-electron chi connectivity index (χ1n) is 8.07. The molecule has 1 aromatic heterocycles. The molecular formula is C19H22O8. The van der Waals surface area contributed by atoms with Crippen molar-refractivity contribution in [1.29, 1.82) is 0 Å². The summed E-state index contributed by atoms with van der Waals surface area (Å²) in [4.78, 5) is 24.0. The third-order valence-electron chi connectivity index (χ3n) is 4.10. The molecule has 0 spiro atoms. The maximum Gasteiger partial charge on any atom is 0.306 e. The number of aromatic hydroxyl groups is 1. The highest BCUT2D eigenvalue weighted by Crippen LogP contribution is 2.46. The molecule has 0 saturated carbocycles. The number of carbonyl (C=O) groups excluding carboxylic acids is 1. The molecule has 1 atom stereocenters. The summed E-state index contributed by atoms with van der Waals surface area (Å²) < 4.78 is 26.5. The molecule has 1 N–H and O–H groups in total. The number of ether oxygens (including phenoxy) is 4. The SMILES string of the molecule is COC(=O)CC(c1ccc(OC)c(OC)c1OC)c1oc(C)cc(=O)c1O. The van der Waals surface area contributed by atoms with E-state index in [4.69, 9.17) is 23.4 Å². The Balaban J connectivity index is 2.77. The molecule has 8 nitrogen and oxygen atoms in total. The molecule has 0 bridgehead atoms. The molecule has 0 aliphatic heterocycles. The van der Waals surface area contributed by atoms with Gasteiger partial charge in [-0.05, 0) is 13.0 Å². The summed E-state index contributed by atoms with van der Waals surface area (Å²) in [5.74, 6) is -0.731. The van der Waals surface area contributed by atoms with Crippen molar-refractivity contribution in [2.45, 2.75) is 19.3 Å². The second kappa shape index (κ2) is 8.48. The van der Waals surface area contributed by atoms with E-state index in [0.717, 1.165) is 0 Å². The lowest BCUT2D eigenvalue weighted by atomic mass is 9.91. The third kappa shape index (κ3) is 3.99. The van der Waals surface area contributed by atoms with Crippen LogP contribution in [0.1, 0.15) is 29.4 Å². The first-order chi connectivity index (χ1) is 12.9. The van der Waals surface area contributed by atoms with E-state index in [9.17, 15) is 14.7 Å². The van der Waals surface area contributed by atoms with E-state index in [1.54, 1.807) is 19.1 Å². The zero-order valence-corrected chi connectivity index (χ0v) is 15.8. The van der Waals surface area contributed by atoms with Crippen molar-refractivity contribution < 1.29 is 33.3 Å². The Morgan fingerprint density at radius 3 is 2.33 bits per heavy atom. The van der Waals surface area contributed by atoms with Crippen LogP contribution in [0.15, 0.2) is 27.4 Å². The quantitative estimate of drug-likeness (QED) is 0.732. The minimum atomic E-state index is -0.847. The Kier molecular flexibility index (Phi) is 6.33. The van der Waals surface area contributed by atoms with E-state index in [1.807, 2.05) is 0 Å². The molecule has 2 aromatic rings. The topological polar surface area (TPSA) is 104 Å². The molecule has 8 heteroatoms. The maximum absolute atomic E-state index is 12.0.